The van der Waals surface area contributed by atoms with Gasteiger partial charge in [-0.05, 0) is 32.0 Å². The molecule has 1 fully saturated rings. The number of hydrogen-bond acceptors (Lipinski definition) is 7. The van der Waals surface area contributed by atoms with Gasteiger partial charge in [0, 0.05) is 50.0 Å². The molecule has 26 heavy (non-hydrogen) atoms. The van der Waals surface area contributed by atoms with Crippen molar-refractivity contribution in [3.05, 3.63) is 42.7 Å². The lowest BCUT2D eigenvalue weighted by molar-refractivity contribution is 0.629. The minimum atomic E-state index is 0.313. The Morgan fingerprint density at radius 1 is 0.846 bits per heavy atom. The van der Waals surface area contributed by atoms with Crippen LogP contribution in [0.15, 0.2) is 42.7 Å². The Kier molecular flexibility index (Phi) is 4.51. The molecule has 1 aromatic carbocycles. The fourth-order valence-electron chi connectivity index (χ4n) is 3.15. The third-order valence-corrected chi connectivity index (χ3v) is 4.41. The highest BCUT2D eigenvalue weighted by atomic mass is 15.4. The maximum Gasteiger partial charge on any atom is 0.228 e. The van der Waals surface area contributed by atoms with Crippen LogP contribution in [-0.2, 0) is 0 Å². The summed E-state index contributed by atoms with van der Waals surface area (Å²) >= 11 is 0. The largest absolute Gasteiger partial charge is 0.367 e. The zero-order chi connectivity index (χ0) is 17.9. The monoisotopic (exact) mass is 349 g/mol. The number of nitrogens with one attached hydrogen (secondary N) is 1. The second-order valence-corrected chi connectivity index (χ2v) is 6.71. The minimum Gasteiger partial charge on any atom is -0.367 e. The highest BCUT2D eigenvalue weighted by Gasteiger charge is 2.21. The quantitative estimate of drug-likeness (QED) is 0.776. The molecule has 3 heterocycles. The van der Waals surface area contributed by atoms with E-state index in [0.29, 0.717) is 6.04 Å². The number of para-hydroxylation sites is 1. The summed E-state index contributed by atoms with van der Waals surface area (Å²) in [5.41, 5.74) is 0.967. The van der Waals surface area contributed by atoms with Gasteiger partial charge in [0.05, 0.1) is 5.52 Å². The number of anilines is 3. The Balaban J connectivity index is 1.57. The first-order chi connectivity index (χ1) is 12.7. The average Bonchev–Trinajstić information content (AvgIpc) is 2.68. The topological polar surface area (TPSA) is 70.1 Å². The van der Waals surface area contributed by atoms with Crippen molar-refractivity contribution in [3.8, 4) is 0 Å². The number of benzene rings is 1. The summed E-state index contributed by atoms with van der Waals surface area (Å²) in [7, 11) is 0. The van der Waals surface area contributed by atoms with Crippen LogP contribution in [0.1, 0.15) is 13.8 Å². The van der Waals surface area contributed by atoms with Crippen LogP contribution in [-0.4, -0.2) is 52.2 Å². The molecule has 0 saturated carbocycles. The second-order valence-electron chi connectivity index (χ2n) is 6.71. The van der Waals surface area contributed by atoms with Crippen LogP contribution in [0.4, 0.5) is 17.7 Å². The molecule has 2 aromatic heterocycles. The number of fused-ring (bicyclic) bond motifs is 1. The Morgan fingerprint density at radius 3 is 2.19 bits per heavy atom. The van der Waals surface area contributed by atoms with E-state index >= 15 is 0 Å². The van der Waals surface area contributed by atoms with Crippen LogP contribution in [0.2, 0.25) is 0 Å². The zero-order valence-corrected chi connectivity index (χ0v) is 15.1. The molecule has 1 aliphatic rings. The summed E-state index contributed by atoms with van der Waals surface area (Å²) in [4.78, 5) is 22.7. The molecule has 0 spiro atoms. The third-order valence-electron chi connectivity index (χ3n) is 4.41. The van der Waals surface area contributed by atoms with Gasteiger partial charge in [-0.2, -0.15) is 4.98 Å². The molecule has 1 aliphatic heterocycles. The molecule has 3 aromatic rings. The molecule has 7 nitrogen and oxygen atoms in total. The Labute approximate surface area is 153 Å². The van der Waals surface area contributed by atoms with E-state index in [1.807, 2.05) is 24.3 Å². The lowest BCUT2D eigenvalue weighted by Gasteiger charge is -2.34. The summed E-state index contributed by atoms with van der Waals surface area (Å²) in [6, 6.07) is 10.3. The zero-order valence-electron chi connectivity index (χ0n) is 15.1. The van der Waals surface area contributed by atoms with Gasteiger partial charge in [0.2, 0.25) is 11.9 Å². The summed E-state index contributed by atoms with van der Waals surface area (Å²) < 4.78 is 0. The molecule has 0 amide bonds. The van der Waals surface area contributed by atoms with Crippen LogP contribution >= 0.6 is 0 Å². The molecular weight excluding hydrogens is 326 g/mol. The van der Waals surface area contributed by atoms with Crippen LogP contribution < -0.4 is 15.1 Å². The van der Waals surface area contributed by atoms with Gasteiger partial charge >= 0.3 is 0 Å². The van der Waals surface area contributed by atoms with E-state index < -0.39 is 0 Å². The number of piperazine rings is 1. The molecule has 4 rings (SSSR count). The predicted molar refractivity (Wildman–Crippen MR) is 105 cm³/mol. The van der Waals surface area contributed by atoms with Gasteiger partial charge in [-0.25, -0.2) is 15.0 Å². The summed E-state index contributed by atoms with van der Waals surface area (Å²) in [6.07, 6.45) is 3.57. The predicted octanol–water partition coefficient (Wildman–Crippen LogP) is 2.57. The highest BCUT2D eigenvalue weighted by Crippen LogP contribution is 2.25. The van der Waals surface area contributed by atoms with E-state index in [1.54, 1.807) is 12.4 Å². The Bertz CT molecular complexity index is 873. The standard InChI is InChI=1S/C19H23N7/c1-14(2)22-17-15-6-3-4-7-16(15)23-19(24-17)26-12-10-25(11-13-26)18-20-8-5-9-21-18/h3-9,14H,10-13H2,1-2H3,(H,22,23,24). The Hall–Kier alpha value is -2.96. The first-order valence-electron chi connectivity index (χ1n) is 9.01. The van der Waals surface area contributed by atoms with E-state index in [-0.39, 0.29) is 0 Å². The van der Waals surface area contributed by atoms with Crippen LogP contribution in [0, 0.1) is 0 Å². The minimum absolute atomic E-state index is 0.313. The summed E-state index contributed by atoms with van der Waals surface area (Å²) in [6.45, 7) is 7.64. The van der Waals surface area contributed by atoms with Crippen molar-refractivity contribution in [2.24, 2.45) is 0 Å². The van der Waals surface area contributed by atoms with Gasteiger partial charge in [-0.3, -0.25) is 0 Å². The SMILES string of the molecule is CC(C)Nc1nc(N2CCN(c3ncccn3)CC2)nc2ccccc12. The molecule has 0 aliphatic carbocycles. The van der Waals surface area contributed by atoms with Crippen molar-refractivity contribution >= 4 is 28.6 Å². The van der Waals surface area contributed by atoms with E-state index in [1.165, 1.54) is 0 Å². The molecule has 0 radical (unpaired) electrons. The molecule has 0 unspecified atom stereocenters. The van der Waals surface area contributed by atoms with Crippen molar-refractivity contribution in [3.63, 3.8) is 0 Å². The number of rotatable bonds is 4. The van der Waals surface area contributed by atoms with Crippen molar-refractivity contribution in [2.75, 3.05) is 41.3 Å². The fraction of sp³-hybridized carbons (Fsp3) is 0.368. The summed E-state index contributed by atoms with van der Waals surface area (Å²) in [5.74, 6) is 2.46. The maximum absolute atomic E-state index is 4.82. The number of hydrogen-bond donors (Lipinski definition) is 1. The van der Waals surface area contributed by atoms with Gasteiger partial charge in [0.25, 0.3) is 0 Å². The van der Waals surface area contributed by atoms with Crippen LogP contribution in [0.3, 0.4) is 0 Å². The molecule has 134 valence electrons. The van der Waals surface area contributed by atoms with E-state index in [9.17, 15) is 0 Å². The molecule has 1 N–H and O–H groups in total. The van der Waals surface area contributed by atoms with Crippen molar-refractivity contribution < 1.29 is 0 Å². The first kappa shape index (κ1) is 16.5. The van der Waals surface area contributed by atoms with E-state index in [2.05, 4.69) is 45.0 Å². The normalized spacial score (nSPS) is 14.9. The van der Waals surface area contributed by atoms with Gasteiger partial charge in [0.1, 0.15) is 5.82 Å². The van der Waals surface area contributed by atoms with Gasteiger partial charge < -0.3 is 15.1 Å². The smallest absolute Gasteiger partial charge is 0.228 e. The Morgan fingerprint density at radius 2 is 1.50 bits per heavy atom. The molecule has 1 saturated heterocycles. The number of aromatic nitrogens is 4. The fourth-order valence-corrected chi connectivity index (χ4v) is 3.15. The molecule has 0 bridgehead atoms. The van der Waals surface area contributed by atoms with Gasteiger partial charge in [-0.15, -0.1) is 0 Å². The number of nitrogens with zero attached hydrogens (tertiary/aromatic N) is 6. The summed E-state index contributed by atoms with van der Waals surface area (Å²) in [5, 5.41) is 4.51. The van der Waals surface area contributed by atoms with Crippen LogP contribution in [0.25, 0.3) is 10.9 Å². The first-order valence-corrected chi connectivity index (χ1v) is 9.01. The van der Waals surface area contributed by atoms with Gasteiger partial charge in [-0.1, -0.05) is 12.1 Å². The highest BCUT2D eigenvalue weighted by molar-refractivity contribution is 5.90. The van der Waals surface area contributed by atoms with Crippen LogP contribution in [0.5, 0.6) is 0 Å². The molecule has 0 atom stereocenters. The maximum atomic E-state index is 4.82. The van der Waals surface area contributed by atoms with Crippen molar-refractivity contribution in [2.45, 2.75) is 19.9 Å². The van der Waals surface area contributed by atoms with E-state index in [0.717, 1.165) is 54.8 Å². The molecular formula is C19H23N7. The van der Waals surface area contributed by atoms with Crippen molar-refractivity contribution in [1.29, 1.82) is 0 Å². The lowest BCUT2D eigenvalue weighted by Crippen LogP contribution is -2.47. The average molecular weight is 349 g/mol. The lowest BCUT2D eigenvalue weighted by atomic mass is 10.2. The van der Waals surface area contributed by atoms with Crippen molar-refractivity contribution in [1.82, 2.24) is 19.9 Å². The van der Waals surface area contributed by atoms with E-state index in [4.69, 9.17) is 9.97 Å². The molecule has 7 heteroatoms. The third kappa shape index (κ3) is 3.37. The second kappa shape index (κ2) is 7.11. The van der Waals surface area contributed by atoms with Gasteiger partial charge in [0.15, 0.2) is 0 Å².